The predicted molar refractivity (Wildman–Crippen MR) is 94.2 cm³/mol. The number of carbonyl (C=O) groups excluding carboxylic acids is 1. The zero-order chi connectivity index (χ0) is 17.3. The fraction of sp³-hybridized carbons (Fsp3) is 0.526. The molecule has 0 spiro atoms. The number of hydrogen-bond donors (Lipinski definition) is 1. The summed E-state index contributed by atoms with van der Waals surface area (Å²) in [6, 6.07) is 5.97. The van der Waals surface area contributed by atoms with E-state index in [1.54, 1.807) is 11.2 Å². The molecule has 0 saturated carbocycles. The third-order valence-corrected chi connectivity index (χ3v) is 4.73. The van der Waals surface area contributed by atoms with Crippen LogP contribution in [0.5, 0.6) is 0 Å². The highest BCUT2D eigenvalue weighted by atomic mass is 16.3. The molecule has 3 rings (SSSR count). The number of piperidine rings is 1. The zero-order valence-corrected chi connectivity index (χ0v) is 14.7. The van der Waals surface area contributed by atoms with Crippen LogP contribution in [0.25, 0.3) is 11.0 Å². The van der Waals surface area contributed by atoms with Gasteiger partial charge in [0.2, 0.25) is 0 Å². The van der Waals surface area contributed by atoms with Crippen LogP contribution < -0.4 is 0 Å². The first kappa shape index (κ1) is 17.0. The monoisotopic (exact) mass is 330 g/mol. The van der Waals surface area contributed by atoms with E-state index in [2.05, 4.69) is 6.92 Å². The zero-order valence-electron chi connectivity index (χ0n) is 14.7. The van der Waals surface area contributed by atoms with Gasteiger partial charge in [0.15, 0.2) is 0 Å². The van der Waals surface area contributed by atoms with E-state index in [-0.39, 0.29) is 5.91 Å². The third-order valence-electron chi connectivity index (χ3n) is 4.73. The molecule has 0 bridgehead atoms. The van der Waals surface area contributed by atoms with Crippen molar-refractivity contribution in [3.8, 4) is 0 Å². The minimum absolute atomic E-state index is 0.0566. The summed E-state index contributed by atoms with van der Waals surface area (Å²) in [7, 11) is 3.88. The Bertz CT molecular complexity index is 737. The Kier molecular flexibility index (Phi) is 4.65. The molecule has 1 fully saturated rings. The van der Waals surface area contributed by atoms with Crippen molar-refractivity contribution in [2.45, 2.75) is 31.8 Å². The van der Waals surface area contributed by atoms with Crippen LogP contribution in [-0.4, -0.2) is 60.1 Å². The number of nitrogens with zero attached hydrogens (tertiary/aromatic N) is 2. The topological polar surface area (TPSA) is 56.9 Å². The number of fused-ring (bicyclic) bond motifs is 1. The van der Waals surface area contributed by atoms with Crippen LogP contribution in [0.4, 0.5) is 0 Å². The summed E-state index contributed by atoms with van der Waals surface area (Å²) in [5.74, 6) is -0.0566. The molecule has 1 aromatic heterocycles. The molecule has 0 aliphatic carbocycles. The average molecular weight is 330 g/mol. The number of aryl methyl sites for hydroxylation is 1. The lowest BCUT2D eigenvalue weighted by Crippen LogP contribution is -2.54. The highest BCUT2D eigenvalue weighted by molar-refractivity contribution is 6.06. The first-order valence-corrected chi connectivity index (χ1v) is 8.58. The van der Waals surface area contributed by atoms with Crippen LogP contribution >= 0.6 is 0 Å². The van der Waals surface area contributed by atoms with Crippen molar-refractivity contribution in [1.29, 1.82) is 0 Å². The van der Waals surface area contributed by atoms with Gasteiger partial charge in [-0.1, -0.05) is 13.0 Å². The largest absolute Gasteiger partial charge is 0.463 e. The summed E-state index contributed by atoms with van der Waals surface area (Å²) in [4.78, 5) is 16.7. The van der Waals surface area contributed by atoms with Gasteiger partial charge in [-0.05, 0) is 51.1 Å². The maximum Gasteiger partial charge on any atom is 0.257 e. The number of furan rings is 1. The van der Waals surface area contributed by atoms with Crippen LogP contribution in [0.15, 0.2) is 28.9 Å². The molecule has 1 N–H and O–H groups in total. The maximum atomic E-state index is 13.0. The van der Waals surface area contributed by atoms with Gasteiger partial charge in [-0.15, -0.1) is 0 Å². The quantitative estimate of drug-likeness (QED) is 0.936. The van der Waals surface area contributed by atoms with Crippen molar-refractivity contribution in [3.63, 3.8) is 0 Å². The Labute approximate surface area is 142 Å². The summed E-state index contributed by atoms with van der Waals surface area (Å²) in [6.07, 6.45) is 4.00. The summed E-state index contributed by atoms with van der Waals surface area (Å²) in [6.45, 7) is 3.69. The summed E-state index contributed by atoms with van der Waals surface area (Å²) in [5, 5.41) is 11.7. The number of rotatable bonds is 4. The molecule has 2 heterocycles. The fourth-order valence-electron chi connectivity index (χ4n) is 3.64. The third kappa shape index (κ3) is 3.32. The van der Waals surface area contributed by atoms with E-state index in [1.165, 1.54) is 5.56 Å². The van der Waals surface area contributed by atoms with E-state index in [0.29, 0.717) is 25.2 Å². The number of benzene rings is 1. The van der Waals surface area contributed by atoms with Crippen LogP contribution in [0, 0.1) is 0 Å². The van der Waals surface area contributed by atoms with E-state index in [0.717, 1.165) is 30.2 Å². The Hall–Kier alpha value is -1.85. The summed E-state index contributed by atoms with van der Waals surface area (Å²) in [5.41, 5.74) is 1.66. The lowest BCUT2D eigenvalue weighted by Gasteiger charge is -2.40. The number of β-amino-alcohol motifs (C(OH)–C–C–N with tert-alkyl or cyclic N) is 1. The lowest BCUT2D eigenvalue weighted by atomic mass is 9.92. The van der Waals surface area contributed by atoms with Crippen LogP contribution in [0.1, 0.15) is 35.7 Å². The molecule has 0 unspecified atom stereocenters. The van der Waals surface area contributed by atoms with Crippen molar-refractivity contribution < 1.29 is 14.3 Å². The Balaban J connectivity index is 1.86. The molecule has 2 aromatic rings. The molecule has 24 heavy (non-hydrogen) atoms. The summed E-state index contributed by atoms with van der Waals surface area (Å²) < 4.78 is 5.56. The van der Waals surface area contributed by atoms with Gasteiger partial charge in [0.25, 0.3) is 5.91 Å². The lowest BCUT2D eigenvalue weighted by molar-refractivity contribution is -0.0391. The minimum Gasteiger partial charge on any atom is -0.463 e. The van der Waals surface area contributed by atoms with Gasteiger partial charge in [0.05, 0.1) is 17.7 Å². The van der Waals surface area contributed by atoms with Crippen molar-refractivity contribution in [2.75, 3.05) is 33.7 Å². The normalized spacial score (nSPS) is 21.6. The molecule has 1 aliphatic heterocycles. The molecule has 0 radical (unpaired) electrons. The highest BCUT2D eigenvalue weighted by Gasteiger charge is 2.36. The number of hydrogen-bond acceptors (Lipinski definition) is 4. The van der Waals surface area contributed by atoms with Gasteiger partial charge in [0.1, 0.15) is 11.8 Å². The van der Waals surface area contributed by atoms with Gasteiger partial charge in [-0.3, -0.25) is 4.79 Å². The molecular weight excluding hydrogens is 304 g/mol. The minimum atomic E-state index is -0.842. The highest BCUT2D eigenvalue weighted by Crippen LogP contribution is 2.27. The first-order chi connectivity index (χ1) is 11.4. The molecular formula is C19H26N2O3. The SMILES string of the molecule is CCc1ccc2occ(C(=O)N3CCC[C@](O)(CN(C)C)C3)c2c1. The predicted octanol–water partition coefficient (Wildman–Crippen LogP) is 2.52. The van der Waals surface area contributed by atoms with Crippen molar-refractivity contribution in [3.05, 3.63) is 35.6 Å². The van der Waals surface area contributed by atoms with E-state index in [9.17, 15) is 9.90 Å². The maximum absolute atomic E-state index is 13.0. The average Bonchev–Trinajstić information content (AvgIpc) is 2.95. The van der Waals surface area contributed by atoms with E-state index >= 15 is 0 Å². The van der Waals surface area contributed by atoms with Crippen molar-refractivity contribution in [2.24, 2.45) is 0 Å². The fourth-order valence-corrected chi connectivity index (χ4v) is 3.64. The molecule has 1 amide bonds. The standard InChI is InChI=1S/C19H26N2O3/c1-4-14-6-7-17-15(10-14)16(11-24-17)18(22)21-9-5-8-19(23,13-21)12-20(2)3/h6-7,10-11,23H,4-5,8-9,12-13H2,1-3H3/t19-/m0/s1. The van der Waals surface area contributed by atoms with E-state index in [1.807, 2.05) is 37.2 Å². The van der Waals surface area contributed by atoms with Crippen LogP contribution in [0.3, 0.4) is 0 Å². The Morgan fingerprint density at radius 1 is 1.42 bits per heavy atom. The second-order valence-corrected chi connectivity index (χ2v) is 7.13. The first-order valence-electron chi connectivity index (χ1n) is 8.58. The van der Waals surface area contributed by atoms with Crippen LogP contribution in [0.2, 0.25) is 0 Å². The van der Waals surface area contributed by atoms with Crippen molar-refractivity contribution in [1.82, 2.24) is 9.80 Å². The second kappa shape index (κ2) is 6.57. The number of aliphatic hydroxyl groups is 1. The molecule has 130 valence electrons. The van der Waals surface area contributed by atoms with Gasteiger partial charge in [-0.2, -0.15) is 0 Å². The number of likely N-dealkylation sites (tertiary alicyclic amines) is 1. The van der Waals surface area contributed by atoms with Crippen LogP contribution in [-0.2, 0) is 6.42 Å². The Morgan fingerprint density at radius 2 is 2.21 bits per heavy atom. The van der Waals surface area contributed by atoms with E-state index < -0.39 is 5.60 Å². The molecule has 1 aromatic carbocycles. The number of amides is 1. The van der Waals surface area contributed by atoms with Crippen molar-refractivity contribution >= 4 is 16.9 Å². The molecule has 1 saturated heterocycles. The van der Waals surface area contributed by atoms with Gasteiger partial charge >= 0.3 is 0 Å². The second-order valence-electron chi connectivity index (χ2n) is 7.13. The molecule has 5 nitrogen and oxygen atoms in total. The van der Waals surface area contributed by atoms with Gasteiger partial charge < -0.3 is 19.3 Å². The molecule has 1 aliphatic rings. The molecule has 5 heteroatoms. The number of likely N-dealkylation sites (N-methyl/N-ethyl adjacent to an activating group) is 1. The van der Waals surface area contributed by atoms with E-state index in [4.69, 9.17) is 4.42 Å². The van der Waals surface area contributed by atoms with Gasteiger partial charge in [0, 0.05) is 18.5 Å². The van der Waals surface area contributed by atoms with Gasteiger partial charge in [-0.25, -0.2) is 0 Å². The smallest absolute Gasteiger partial charge is 0.257 e. The Morgan fingerprint density at radius 3 is 2.92 bits per heavy atom. The number of carbonyl (C=O) groups is 1. The summed E-state index contributed by atoms with van der Waals surface area (Å²) >= 11 is 0. The molecule has 1 atom stereocenters.